The molecular weight excluding hydrogens is 513 g/mol. The smallest absolute Gasteiger partial charge is 0.433 e. The van der Waals surface area contributed by atoms with Gasteiger partial charge in [-0.05, 0) is 61.1 Å². The minimum absolute atomic E-state index is 0.0353. The average Bonchev–Trinajstić information content (AvgIpc) is 3.19. The Hall–Kier alpha value is -3.47. The molecule has 8 nitrogen and oxygen atoms in total. The van der Waals surface area contributed by atoms with E-state index in [0.717, 1.165) is 56.0 Å². The number of benzene rings is 1. The number of fused-ring (bicyclic) bond motifs is 1. The molecule has 4 aliphatic rings. The zero-order chi connectivity index (χ0) is 27.3. The van der Waals surface area contributed by atoms with Crippen molar-refractivity contribution in [2.75, 3.05) is 13.1 Å². The SMILES string of the molecule is O=C1CC[C@H](N2Cc3cc(O[C@H]4CCCC[C@H]4N4CC(c5ccc(C(F)(F)F)nc5)C4)ccc3C2=O)C(=O)N1. The maximum atomic E-state index is 13.0. The fourth-order valence-corrected chi connectivity index (χ4v) is 6.24. The first kappa shape index (κ1) is 25.8. The molecule has 0 unspecified atom stereocenters. The van der Waals surface area contributed by atoms with Crippen LogP contribution in [0.25, 0.3) is 0 Å². The number of piperidine rings is 1. The van der Waals surface area contributed by atoms with Crippen molar-refractivity contribution < 1.29 is 32.3 Å². The molecule has 4 heterocycles. The molecule has 1 saturated carbocycles. The van der Waals surface area contributed by atoms with Gasteiger partial charge in [0.2, 0.25) is 11.8 Å². The van der Waals surface area contributed by atoms with E-state index >= 15 is 0 Å². The van der Waals surface area contributed by atoms with Gasteiger partial charge in [-0.2, -0.15) is 13.2 Å². The summed E-state index contributed by atoms with van der Waals surface area (Å²) >= 11 is 0. The summed E-state index contributed by atoms with van der Waals surface area (Å²) in [7, 11) is 0. The lowest BCUT2D eigenvalue weighted by molar-refractivity contribution is -0.141. The van der Waals surface area contributed by atoms with Crippen molar-refractivity contribution in [2.24, 2.45) is 0 Å². The number of ether oxygens (including phenoxy) is 1. The third-order valence-corrected chi connectivity index (χ3v) is 8.38. The Morgan fingerprint density at radius 1 is 1.00 bits per heavy atom. The maximum Gasteiger partial charge on any atom is 0.433 e. The van der Waals surface area contributed by atoms with Gasteiger partial charge in [0.15, 0.2) is 0 Å². The van der Waals surface area contributed by atoms with Gasteiger partial charge in [0.05, 0.1) is 0 Å². The molecule has 0 spiro atoms. The van der Waals surface area contributed by atoms with E-state index in [1.807, 2.05) is 6.07 Å². The summed E-state index contributed by atoms with van der Waals surface area (Å²) in [5.74, 6) is -0.151. The molecule has 11 heteroatoms. The van der Waals surface area contributed by atoms with Crippen molar-refractivity contribution in [1.82, 2.24) is 20.1 Å². The number of pyridine rings is 1. The van der Waals surface area contributed by atoms with E-state index in [2.05, 4.69) is 15.2 Å². The van der Waals surface area contributed by atoms with Crippen molar-refractivity contribution in [3.05, 3.63) is 58.9 Å². The normalized spacial score (nSPS) is 26.3. The number of nitrogens with one attached hydrogen (secondary N) is 1. The molecule has 1 aliphatic carbocycles. The Labute approximate surface area is 223 Å². The van der Waals surface area contributed by atoms with Crippen molar-refractivity contribution in [3.63, 3.8) is 0 Å². The van der Waals surface area contributed by atoms with Gasteiger partial charge in [-0.3, -0.25) is 29.6 Å². The highest BCUT2D eigenvalue weighted by molar-refractivity contribution is 6.05. The minimum atomic E-state index is -4.44. The lowest BCUT2D eigenvalue weighted by Gasteiger charge is -2.48. The van der Waals surface area contributed by atoms with E-state index in [-0.39, 0.29) is 36.3 Å². The largest absolute Gasteiger partial charge is 0.489 e. The molecule has 3 atom stereocenters. The van der Waals surface area contributed by atoms with Gasteiger partial charge in [0, 0.05) is 49.8 Å². The molecule has 206 valence electrons. The molecule has 3 amide bonds. The van der Waals surface area contributed by atoms with E-state index in [1.165, 1.54) is 17.2 Å². The molecular formula is C28H29F3N4O4. The zero-order valence-electron chi connectivity index (χ0n) is 21.2. The van der Waals surface area contributed by atoms with Gasteiger partial charge in [0.1, 0.15) is 23.6 Å². The van der Waals surface area contributed by atoms with Crippen LogP contribution in [-0.2, 0) is 22.3 Å². The molecule has 6 rings (SSSR count). The molecule has 39 heavy (non-hydrogen) atoms. The van der Waals surface area contributed by atoms with Crippen LogP contribution in [0, 0.1) is 0 Å². The molecule has 1 aromatic heterocycles. The van der Waals surface area contributed by atoms with Crippen LogP contribution in [0.4, 0.5) is 13.2 Å². The van der Waals surface area contributed by atoms with Crippen LogP contribution in [-0.4, -0.2) is 63.8 Å². The van der Waals surface area contributed by atoms with Crippen LogP contribution in [0.15, 0.2) is 36.5 Å². The van der Waals surface area contributed by atoms with Crippen molar-refractivity contribution >= 4 is 17.7 Å². The number of carbonyl (C=O) groups excluding carboxylic acids is 3. The van der Waals surface area contributed by atoms with Crippen LogP contribution < -0.4 is 10.1 Å². The Bertz CT molecular complexity index is 1290. The van der Waals surface area contributed by atoms with Gasteiger partial charge in [-0.15, -0.1) is 0 Å². The Morgan fingerprint density at radius 3 is 2.51 bits per heavy atom. The van der Waals surface area contributed by atoms with Crippen LogP contribution in [0.3, 0.4) is 0 Å². The quantitative estimate of drug-likeness (QED) is 0.580. The maximum absolute atomic E-state index is 13.0. The number of likely N-dealkylation sites (tertiary alicyclic amines) is 1. The highest BCUT2D eigenvalue weighted by Gasteiger charge is 2.41. The number of hydrogen-bond acceptors (Lipinski definition) is 6. The third kappa shape index (κ3) is 4.99. The summed E-state index contributed by atoms with van der Waals surface area (Å²) < 4.78 is 45.0. The summed E-state index contributed by atoms with van der Waals surface area (Å²) in [6, 6.07) is 7.52. The molecule has 1 N–H and O–H groups in total. The molecule has 2 saturated heterocycles. The monoisotopic (exact) mass is 542 g/mol. The number of nitrogens with zero attached hydrogens (tertiary/aromatic N) is 3. The highest BCUT2D eigenvalue weighted by atomic mass is 19.4. The minimum Gasteiger partial charge on any atom is -0.489 e. The standard InChI is InChI=1S/C28H29F3N4O4/c29-28(30,31)24-9-5-16(12-32-24)18-13-34(14-18)21-3-1-2-4-23(21)39-19-6-7-20-17(11-19)15-35(27(20)38)22-8-10-25(36)33-26(22)37/h5-7,9,11-12,18,21-23H,1-4,8,10,13-15H2,(H,33,36,37)/t21-,22+,23+/m1/s1. The van der Waals surface area contributed by atoms with Crippen molar-refractivity contribution in [1.29, 1.82) is 0 Å². The van der Waals surface area contributed by atoms with Gasteiger partial charge in [-0.1, -0.05) is 12.5 Å². The van der Waals surface area contributed by atoms with Crippen LogP contribution in [0.5, 0.6) is 5.75 Å². The van der Waals surface area contributed by atoms with Gasteiger partial charge in [0.25, 0.3) is 5.91 Å². The average molecular weight is 543 g/mol. The lowest BCUT2D eigenvalue weighted by atomic mass is 9.84. The molecule has 3 aliphatic heterocycles. The predicted molar refractivity (Wildman–Crippen MR) is 133 cm³/mol. The fraction of sp³-hybridized carbons (Fsp3) is 0.500. The number of carbonyl (C=O) groups is 3. The van der Waals surface area contributed by atoms with Gasteiger partial charge < -0.3 is 9.64 Å². The molecule has 2 aromatic rings. The second-order valence-electron chi connectivity index (χ2n) is 10.9. The number of alkyl halides is 3. The second kappa shape index (κ2) is 9.93. The second-order valence-corrected chi connectivity index (χ2v) is 10.9. The summed E-state index contributed by atoms with van der Waals surface area (Å²) in [4.78, 5) is 44.3. The number of hydrogen-bond donors (Lipinski definition) is 1. The Morgan fingerprint density at radius 2 is 1.79 bits per heavy atom. The topological polar surface area (TPSA) is 91.8 Å². The first-order valence-corrected chi connectivity index (χ1v) is 13.4. The summed E-state index contributed by atoms with van der Waals surface area (Å²) in [6.45, 7) is 1.79. The zero-order valence-corrected chi connectivity index (χ0v) is 21.2. The molecule has 1 aromatic carbocycles. The lowest BCUT2D eigenvalue weighted by Crippen LogP contribution is -2.57. The number of imide groups is 1. The Kier molecular flexibility index (Phi) is 6.57. The predicted octanol–water partition coefficient (Wildman–Crippen LogP) is 3.65. The Balaban J connectivity index is 1.09. The fourth-order valence-electron chi connectivity index (χ4n) is 6.24. The van der Waals surface area contributed by atoms with E-state index < -0.39 is 23.8 Å². The van der Waals surface area contributed by atoms with E-state index in [9.17, 15) is 27.6 Å². The highest BCUT2D eigenvalue weighted by Crippen LogP contribution is 2.37. The van der Waals surface area contributed by atoms with E-state index in [0.29, 0.717) is 24.3 Å². The van der Waals surface area contributed by atoms with Crippen molar-refractivity contribution in [3.8, 4) is 5.75 Å². The number of aromatic nitrogens is 1. The first-order valence-electron chi connectivity index (χ1n) is 13.4. The summed E-state index contributed by atoms with van der Waals surface area (Å²) in [5.41, 5.74) is 1.28. The third-order valence-electron chi connectivity index (χ3n) is 8.38. The van der Waals surface area contributed by atoms with E-state index in [1.54, 1.807) is 12.1 Å². The van der Waals surface area contributed by atoms with Crippen LogP contribution in [0.1, 0.15) is 71.6 Å². The number of amides is 3. The van der Waals surface area contributed by atoms with Gasteiger partial charge in [-0.25, -0.2) is 0 Å². The van der Waals surface area contributed by atoms with Crippen molar-refractivity contribution in [2.45, 2.75) is 75.4 Å². The summed E-state index contributed by atoms with van der Waals surface area (Å²) in [6.07, 6.45) is 1.40. The van der Waals surface area contributed by atoms with E-state index in [4.69, 9.17) is 4.74 Å². The number of rotatable bonds is 5. The molecule has 0 radical (unpaired) electrons. The first-order chi connectivity index (χ1) is 18.7. The van der Waals surface area contributed by atoms with Crippen LogP contribution in [0.2, 0.25) is 0 Å². The number of halogens is 3. The van der Waals surface area contributed by atoms with Gasteiger partial charge >= 0.3 is 6.18 Å². The molecule has 3 fully saturated rings. The van der Waals surface area contributed by atoms with Crippen LogP contribution >= 0.6 is 0 Å². The molecule has 0 bridgehead atoms. The summed E-state index contributed by atoms with van der Waals surface area (Å²) in [5, 5.41) is 2.32.